The summed E-state index contributed by atoms with van der Waals surface area (Å²) >= 11 is 0. The Labute approximate surface area is 193 Å². The van der Waals surface area contributed by atoms with Gasteiger partial charge < -0.3 is 5.73 Å². The van der Waals surface area contributed by atoms with Crippen molar-refractivity contribution in [1.82, 2.24) is 0 Å². The SMILES string of the molecule is C=C(C)C(=C)C(CC)=C(C)C.C=C/C=C(\C=C/N)C(=C)C.Cc1ccc(C(C)C)cc1. The fraction of sp³-hybridized carbons (Fsp3) is 0.333. The van der Waals surface area contributed by atoms with E-state index in [0.717, 1.165) is 28.7 Å². The molecule has 0 spiro atoms. The molecule has 2 N–H and O–H groups in total. The smallest absolute Gasteiger partial charge is 0.00563 e. The molecule has 1 aromatic rings. The molecular formula is C30H45N. The normalized spacial score (nSPS) is 10.4. The van der Waals surface area contributed by atoms with Gasteiger partial charge in [0.15, 0.2) is 0 Å². The third kappa shape index (κ3) is 13.9. The van der Waals surface area contributed by atoms with Crippen LogP contribution in [0.1, 0.15) is 71.9 Å². The zero-order valence-corrected chi connectivity index (χ0v) is 21.3. The minimum Gasteiger partial charge on any atom is -0.405 e. The molecule has 0 aliphatic carbocycles. The maximum atomic E-state index is 5.20. The molecule has 0 unspecified atom stereocenters. The third-order valence-corrected chi connectivity index (χ3v) is 4.65. The van der Waals surface area contributed by atoms with Crippen LogP contribution in [-0.2, 0) is 0 Å². The highest BCUT2D eigenvalue weighted by Crippen LogP contribution is 2.21. The summed E-state index contributed by atoms with van der Waals surface area (Å²) in [6.45, 7) is 32.1. The molecule has 170 valence electrons. The van der Waals surface area contributed by atoms with Crippen LogP contribution >= 0.6 is 0 Å². The lowest BCUT2D eigenvalue weighted by Crippen LogP contribution is -1.90. The molecule has 1 aromatic carbocycles. The third-order valence-electron chi connectivity index (χ3n) is 4.65. The summed E-state index contributed by atoms with van der Waals surface area (Å²) in [7, 11) is 0. The van der Waals surface area contributed by atoms with Crippen LogP contribution in [0.25, 0.3) is 0 Å². The first-order chi connectivity index (χ1) is 14.4. The highest BCUT2D eigenvalue weighted by Gasteiger charge is 2.02. The van der Waals surface area contributed by atoms with Gasteiger partial charge >= 0.3 is 0 Å². The predicted molar refractivity (Wildman–Crippen MR) is 144 cm³/mol. The van der Waals surface area contributed by atoms with E-state index in [9.17, 15) is 0 Å². The molecule has 0 atom stereocenters. The van der Waals surface area contributed by atoms with Crippen molar-refractivity contribution in [1.29, 1.82) is 0 Å². The maximum absolute atomic E-state index is 5.20. The lowest BCUT2D eigenvalue weighted by molar-refractivity contribution is 0.866. The lowest BCUT2D eigenvalue weighted by Gasteiger charge is -2.10. The quantitative estimate of drug-likeness (QED) is 0.438. The molecule has 0 saturated heterocycles. The Morgan fingerprint density at radius 1 is 0.968 bits per heavy atom. The lowest BCUT2D eigenvalue weighted by atomic mass is 9.96. The van der Waals surface area contributed by atoms with Crippen LogP contribution in [-0.4, -0.2) is 0 Å². The van der Waals surface area contributed by atoms with Crippen LogP contribution in [0.15, 0.2) is 108 Å². The monoisotopic (exact) mass is 419 g/mol. The zero-order chi connectivity index (χ0) is 24.6. The van der Waals surface area contributed by atoms with Gasteiger partial charge in [-0.25, -0.2) is 0 Å². The first kappa shape index (κ1) is 30.4. The van der Waals surface area contributed by atoms with Crippen LogP contribution in [0, 0.1) is 6.92 Å². The van der Waals surface area contributed by atoms with Crippen molar-refractivity contribution in [2.45, 2.75) is 67.7 Å². The highest BCUT2D eigenvalue weighted by atomic mass is 14.5. The number of nitrogens with two attached hydrogens (primary N) is 1. The van der Waals surface area contributed by atoms with E-state index in [1.165, 1.54) is 28.5 Å². The van der Waals surface area contributed by atoms with E-state index >= 15 is 0 Å². The summed E-state index contributed by atoms with van der Waals surface area (Å²) in [5.41, 5.74) is 14.8. The number of aryl methyl sites for hydroxylation is 1. The molecular weight excluding hydrogens is 374 g/mol. The average molecular weight is 420 g/mol. The van der Waals surface area contributed by atoms with Crippen LogP contribution in [0.3, 0.4) is 0 Å². The molecule has 1 rings (SSSR count). The average Bonchev–Trinajstić information content (AvgIpc) is 2.69. The van der Waals surface area contributed by atoms with Crippen LogP contribution in [0.4, 0.5) is 0 Å². The number of rotatable bonds is 7. The second kappa shape index (κ2) is 16.9. The van der Waals surface area contributed by atoms with Crippen LogP contribution < -0.4 is 5.73 Å². The van der Waals surface area contributed by atoms with E-state index in [1.807, 2.05) is 19.9 Å². The van der Waals surface area contributed by atoms with Gasteiger partial charge in [-0.15, -0.1) is 0 Å². The van der Waals surface area contributed by atoms with Gasteiger partial charge in [0.05, 0.1) is 0 Å². The number of benzene rings is 1. The molecule has 0 fully saturated rings. The summed E-state index contributed by atoms with van der Waals surface area (Å²) in [6, 6.07) is 8.71. The Morgan fingerprint density at radius 2 is 1.48 bits per heavy atom. The molecule has 1 nitrogen and oxygen atoms in total. The van der Waals surface area contributed by atoms with E-state index in [1.54, 1.807) is 12.2 Å². The molecule has 31 heavy (non-hydrogen) atoms. The van der Waals surface area contributed by atoms with Crippen molar-refractivity contribution in [3.05, 3.63) is 120 Å². The van der Waals surface area contributed by atoms with E-state index < -0.39 is 0 Å². The molecule has 0 radical (unpaired) electrons. The van der Waals surface area contributed by atoms with Gasteiger partial charge in [0.25, 0.3) is 0 Å². The standard InChI is InChI=1S/C11H18.C10H14.C9H13N/c1-7-11(9(4)5)10(6)8(2)3;1-8(2)10-6-4-9(3)5-7-10;1-4-5-9(6-7-10)8(2)3/h2,6-7H2,1,3-5H3;4-8H,1-3H3;4-7H,1-2,10H2,3H3/b;;7-6-,9-5+. The molecule has 0 aliphatic heterocycles. The Bertz CT molecular complexity index is 804. The van der Waals surface area contributed by atoms with Gasteiger partial charge in [-0.1, -0.05) is 106 Å². The van der Waals surface area contributed by atoms with Crippen molar-refractivity contribution < 1.29 is 0 Å². The largest absolute Gasteiger partial charge is 0.405 e. The molecule has 0 amide bonds. The topological polar surface area (TPSA) is 26.0 Å². The Morgan fingerprint density at radius 3 is 1.74 bits per heavy atom. The van der Waals surface area contributed by atoms with Gasteiger partial charge in [-0.05, 0) is 81.5 Å². The fourth-order valence-corrected chi connectivity index (χ4v) is 2.65. The predicted octanol–water partition coefficient (Wildman–Crippen LogP) is 9.13. The molecule has 0 aromatic heterocycles. The van der Waals surface area contributed by atoms with Crippen molar-refractivity contribution >= 4 is 0 Å². The summed E-state index contributed by atoms with van der Waals surface area (Å²) in [6.07, 6.45) is 7.91. The van der Waals surface area contributed by atoms with Gasteiger partial charge in [0.2, 0.25) is 0 Å². The Hall–Kier alpha value is -2.80. The van der Waals surface area contributed by atoms with Crippen LogP contribution in [0.2, 0.25) is 0 Å². The second-order valence-corrected chi connectivity index (χ2v) is 8.15. The summed E-state index contributed by atoms with van der Waals surface area (Å²) < 4.78 is 0. The van der Waals surface area contributed by atoms with Gasteiger partial charge in [-0.2, -0.15) is 0 Å². The molecule has 0 heterocycles. The van der Waals surface area contributed by atoms with Crippen LogP contribution in [0.5, 0.6) is 0 Å². The van der Waals surface area contributed by atoms with Crippen molar-refractivity contribution in [3.63, 3.8) is 0 Å². The van der Waals surface area contributed by atoms with E-state index in [0.29, 0.717) is 5.92 Å². The Balaban J connectivity index is 0. The first-order valence-electron chi connectivity index (χ1n) is 10.9. The fourth-order valence-electron chi connectivity index (χ4n) is 2.65. The number of hydrogen-bond donors (Lipinski definition) is 1. The summed E-state index contributed by atoms with van der Waals surface area (Å²) in [5.74, 6) is 0.653. The second-order valence-electron chi connectivity index (χ2n) is 8.15. The van der Waals surface area contributed by atoms with Crippen molar-refractivity contribution in [3.8, 4) is 0 Å². The van der Waals surface area contributed by atoms with Gasteiger partial charge in [0.1, 0.15) is 0 Å². The Kier molecular flexibility index (Phi) is 16.6. The number of allylic oxidation sites excluding steroid dienone is 9. The molecule has 0 bridgehead atoms. The van der Waals surface area contributed by atoms with Crippen molar-refractivity contribution in [2.75, 3.05) is 0 Å². The minimum atomic E-state index is 0.653. The molecule has 0 saturated carbocycles. The molecule has 1 heteroatoms. The van der Waals surface area contributed by atoms with E-state index in [2.05, 4.69) is 92.1 Å². The molecule has 0 aliphatic rings. The summed E-state index contributed by atoms with van der Waals surface area (Å²) in [4.78, 5) is 0. The van der Waals surface area contributed by atoms with Crippen molar-refractivity contribution in [2.24, 2.45) is 5.73 Å². The summed E-state index contributed by atoms with van der Waals surface area (Å²) in [5, 5.41) is 0. The van der Waals surface area contributed by atoms with Gasteiger partial charge in [0, 0.05) is 0 Å². The van der Waals surface area contributed by atoms with E-state index in [4.69, 9.17) is 5.73 Å². The maximum Gasteiger partial charge on any atom is -0.00563 e. The first-order valence-corrected chi connectivity index (χ1v) is 10.9. The zero-order valence-electron chi connectivity index (χ0n) is 21.3. The highest BCUT2D eigenvalue weighted by molar-refractivity contribution is 5.43. The van der Waals surface area contributed by atoms with Gasteiger partial charge in [-0.3, -0.25) is 0 Å². The minimum absolute atomic E-state index is 0.653. The van der Waals surface area contributed by atoms with E-state index in [-0.39, 0.29) is 0 Å². The number of hydrogen-bond acceptors (Lipinski definition) is 1.